The van der Waals surface area contributed by atoms with E-state index in [2.05, 4.69) is 49.4 Å². The first-order valence-electron chi connectivity index (χ1n) is 11.1. The molecule has 0 saturated carbocycles. The maximum atomic E-state index is 5.78. The number of anilines is 3. The second kappa shape index (κ2) is 8.18. The van der Waals surface area contributed by atoms with Crippen molar-refractivity contribution in [2.24, 2.45) is 0 Å². The molecule has 0 amide bonds. The van der Waals surface area contributed by atoms with Gasteiger partial charge < -0.3 is 19.4 Å². The molecule has 0 spiro atoms. The monoisotopic (exact) mass is 440 g/mol. The number of nitrogens with one attached hydrogen (secondary N) is 2. The van der Waals surface area contributed by atoms with Crippen molar-refractivity contribution in [2.75, 3.05) is 29.9 Å². The molecule has 33 heavy (non-hydrogen) atoms. The molecule has 1 aromatic carbocycles. The number of pyridine rings is 1. The van der Waals surface area contributed by atoms with Crippen LogP contribution in [-0.4, -0.2) is 55.4 Å². The lowest BCUT2D eigenvalue weighted by atomic mass is 10.1. The largest absolute Gasteiger partial charge is 0.375 e. The minimum atomic E-state index is 0.264. The van der Waals surface area contributed by atoms with E-state index in [1.54, 1.807) is 6.20 Å². The number of imidazole rings is 1. The highest BCUT2D eigenvalue weighted by Crippen LogP contribution is 2.27. The van der Waals surface area contributed by atoms with Gasteiger partial charge in [0.25, 0.3) is 0 Å². The summed E-state index contributed by atoms with van der Waals surface area (Å²) >= 11 is 0. The number of aromatic amines is 1. The van der Waals surface area contributed by atoms with Gasteiger partial charge in [-0.25, -0.2) is 15.0 Å². The van der Waals surface area contributed by atoms with E-state index in [9.17, 15) is 0 Å². The Bertz CT molecular complexity index is 1410. The maximum absolute atomic E-state index is 5.78. The van der Waals surface area contributed by atoms with E-state index in [4.69, 9.17) is 9.72 Å². The van der Waals surface area contributed by atoms with Crippen LogP contribution in [0.15, 0.2) is 61.3 Å². The quantitative estimate of drug-likeness (QED) is 0.426. The van der Waals surface area contributed by atoms with Crippen LogP contribution in [0.3, 0.4) is 0 Å². The predicted octanol–water partition coefficient (Wildman–Crippen LogP) is 4.03. The van der Waals surface area contributed by atoms with Crippen LogP contribution in [0.1, 0.15) is 13.3 Å². The normalized spacial score (nSPS) is 16.5. The Kier molecular flexibility index (Phi) is 4.88. The molecule has 9 heteroatoms. The van der Waals surface area contributed by atoms with Crippen LogP contribution in [0.25, 0.3) is 27.8 Å². The average Bonchev–Trinajstić information content (AvgIpc) is 3.53. The van der Waals surface area contributed by atoms with Gasteiger partial charge in [0.15, 0.2) is 11.5 Å². The summed E-state index contributed by atoms with van der Waals surface area (Å²) in [5.74, 6) is 1.64. The molecule has 0 aliphatic carbocycles. The van der Waals surface area contributed by atoms with Crippen LogP contribution in [0, 0.1) is 0 Å². The third kappa shape index (κ3) is 3.76. The van der Waals surface area contributed by atoms with Gasteiger partial charge in [0.1, 0.15) is 5.82 Å². The highest BCUT2D eigenvalue weighted by Gasteiger charge is 2.20. The third-order valence-electron chi connectivity index (χ3n) is 6.04. The zero-order valence-corrected chi connectivity index (χ0v) is 18.3. The second-order valence-electron chi connectivity index (χ2n) is 8.18. The standard InChI is InChI=1S/C24H24N8O/c1-2-19-14-31(9-10-33-19)22-6-5-18(13-26-22)28-23-24-25-7-8-32(24)15-21(29-23)16-3-4-17-12-27-30-20(17)11-16/h3-8,11-13,15,19H,2,9-10,14H2,1H3,(H,27,30)(H,28,29). The number of aromatic nitrogens is 6. The number of hydrogen-bond acceptors (Lipinski definition) is 7. The van der Waals surface area contributed by atoms with Crippen LogP contribution >= 0.6 is 0 Å². The first kappa shape index (κ1) is 19.7. The van der Waals surface area contributed by atoms with Crippen LogP contribution in [-0.2, 0) is 4.74 Å². The van der Waals surface area contributed by atoms with Crippen molar-refractivity contribution in [3.63, 3.8) is 0 Å². The molecule has 1 atom stereocenters. The molecule has 1 fully saturated rings. The summed E-state index contributed by atoms with van der Waals surface area (Å²) < 4.78 is 7.75. The minimum Gasteiger partial charge on any atom is -0.375 e. The van der Waals surface area contributed by atoms with E-state index in [0.29, 0.717) is 5.82 Å². The summed E-state index contributed by atoms with van der Waals surface area (Å²) in [5, 5.41) is 11.6. The Morgan fingerprint density at radius 1 is 1.18 bits per heavy atom. The minimum absolute atomic E-state index is 0.264. The molecule has 9 nitrogen and oxygen atoms in total. The van der Waals surface area contributed by atoms with E-state index in [-0.39, 0.29) is 6.10 Å². The summed E-state index contributed by atoms with van der Waals surface area (Å²) in [7, 11) is 0. The number of ether oxygens (including phenoxy) is 1. The van der Waals surface area contributed by atoms with Gasteiger partial charge in [0.05, 0.1) is 42.0 Å². The van der Waals surface area contributed by atoms with Crippen molar-refractivity contribution >= 4 is 33.9 Å². The number of benzene rings is 1. The number of fused-ring (bicyclic) bond motifs is 2. The smallest absolute Gasteiger partial charge is 0.180 e. The summed E-state index contributed by atoms with van der Waals surface area (Å²) in [4.78, 5) is 16.3. The summed E-state index contributed by atoms with van der Waals surface area (Å²) in [6.07, 6.45) is 10.6. The van der Waals surface area contributed by atoms with Gasteiger partial charge in [0, 0.05) is 42.6 Å². The number of nitrogens with zero attached hydrogens (tertiary/aromatic N) is 6. The van der Waals surface area contributed by atoms with Gasteiger partial charge in [-0.15, -0.1) is 0 Å². The molecule has 1 unspecified atom stereocenters. The molecule has 1 aliphatic rings. The van der Waals surface area contributed by atoms with E-state index in [0.717, 1.165) is 65.4 Å². The Labute approximate surface area is 190 Å². The van der Waals surface area contributed by atoms with Gasteiger partial charge in [-0.3, -0.25) is 5.10 Å². The lowest BCUT2D eigenvalue weighted by molar-refractivity contribution is 0.0382. The fourth-order valence-electron chi connectivity index (χ4n) is 4.21. The molecule has 5 aromatic rings. The van der Waals surface area contributed by atoms with Crippen molar-refractivity contribution in [3.05, 3.63) is 61.3 Å². The lowest BCUT2D eigenvalue weighted by Crippen LogP contribution is -2.42. The lowest BCUT2D eigenvalue weighted by Gasteiger charge is -2.33. The summed E-state index contributed by atoms with van der Waals surface area (Å²) in [6.45, 7) is 4.61. The topological polar surface area (TPSA) is 96.3 Å². The zero-order valence-electron chi connectivity index (χ0n) is 18.3. The molecular weight excluding hydrogens is 416 g/mol. The van der Waals surface area contributed by atoms with Crippen LogP contribution < -0.4 is 10.2 Å². The molecule has 0 radical (unpaired) electrons. The fraction of sp³-hybridized carbons (Fsp3) is 0.250. The van der Waals surface area contributed by atoms with E-state index in [1.807, 2.05) is 47.4 Å². The third-order valence-corrected chi connectivity index (χ3v) is 6.04. The zero-order chi connectivity index (χ0) is 22.2. The Morgan fingerprint density at radius 2 is 2.15 bits per heavy atom. The van der Waals surface area contributed by atoms with Crippen LogP contribution in [0.4, 0.5) is 17.3 Å². The molecule has 1 aliphatic heterocycles. The summed E-state index contributed by atoms with van der Waals surface area (Å²) in [6, 6.07) is 10.2. The Balaban J connectivity index is 1.30. The van der Waals surface area contributed by atoms with Crippen molar-refractivity contribution < 1.29 is 4.74 Å². The first-order chi connectivity index (χ1) is 16.3. The molecule has 0 bridgehead atoms. The number of hydrogen-bond donors (Lipinski definition) is 2. The predicted molar refractivity (Wildman–Crippen MR) is 128 cm³/mol. The van der Waals surface area contributed by atoms with Gasteiger partial charge in [-0.1, -0.05) is 19.1 Å². The van der Waals surface area contributed by atoms with E-state index in [1.165, 1.54) is 0 Å². The average molecular weight is 441 g/mol. The molecule has 4 aromatic heterocycles. The van der Waals surface area contributed by atoms with Crippen molar-refractivity contribution in [1.29, 1.82) is 0 Å². The molecule has 2 N–H and O–H groups in total. The van der Waals surface area contributed by atoms with Gasteiger partial charge >= 0.3 is 0 Å². The van der Waals surface area contributed by atoms with Gasteiger partial charge in [-0.05, 0) is 24.6 Å². The second-order valence-corrected chi connectivity index (χ2v) is 8.18. The SMILES string of the molecule is CCC1CN(c2ccc(Nc3nc(-c4ccc5cn[nH]c5c4)cn4ccnc34)cn2)CCO1. The Hall–Kier alpha value is -3.98. The van der Waals surface area contributed by atoms with E-state index >= 15 is 0 Å². The van der Waals surface area contributed by atoms with E-state index < -0.39 is 0 Å². The van der Waals surface area contributed by atoms with Crippen LogP contribution in [0.5, 0.6) is 0 Å². The highest BCUT2D eigenvalue weighted by molar-refractivity contribution is 5.84. The van der Waals surface area contributed by atoms with Crippen molar-refractivity contribution in [1.82, 2.24) is 29.5 Å². The van der Waals surface area contributed by atoms with Crippen molar-refractivity contribution in [2.45, 2.75) is 19.4 Å². The van der Waals surface area contributed by atoms with Crippen molar-refractivity contribution in [3.8, 4) is 11.3 Å². The van der Waals surface area contributed by atoms with Gasteiger partial charge in [0.2, 0.25) is 0 Å². The fourth-order valence-corrected chi connectivity index (χ4v) is 4.21. The summed E-state index contributed by atoms with van der Waals surface area (Å²) in [5.41, 5.74) is 4.42. The van der Waals surface area contributed by atoms with Crippen LogP contribution in [0.2, 0.25) is 0 Å². The molecule has 6 rings (SSSR count). The molecular formula is C24H24N8O. The molecule has 5 heterocycles. The number of rotatable bonds is 5. The molecule has 166 valence electrons. The maximum Gasteiger partial charge on any atom is 0.180 e. The highest BCUT2D eigenvalue weighted by atomic mass is 16.5. The first-order valence-corrected chi connectivity index (χ1v) is 11.1. The van der Waals surface area contributed by atoms with Gasteiger partial charge in [-0.2, -0.15) is 5.10 Å². The number of H-pyrrole nitrogens is 1. The Morgan fingerprint density at radius 3 is 3.03 bits per heavy atom. The number of morpholine rings is 1. The molecule has 1 saturated heterocycles.